The van der Waals surface area contributed by atoms with Crippen molar-refractivity contribution in [2.24, 2.45) is 11.7 Å². The van der Waals surface area contributed by atoms with Gasteiger partial charge in [0.15, 0.2) is 0 Å². The molecule has 12 heteroatoms. The average molecular weight is 415 g/mol. The minimum Gasteiger partial charge on any atom is -0.480 e. The third-order valence-corrected chi connectivity index (χ3v) is 4.54. The van der Waals surface area contributed by atoms with Gasteiger partial charge in [-0.2, -0.15) is 0 Å². The Morgan fingerprint density at radius 2 is 1.72 bits per heavy atom. The molecule has 1 saturated heterocycles. The van der Waals surface area contributed by atoms with Crippen molar-refractivity contribution >= 4 is 29.6 Å². The first-order valence-corrected chi connectivity index (χ1v) is 9.32. The van der Waals surface area contributed by atoms with E-state index in [0.717, 1.165) is 0 Å². The van der Waals surface area contributed by atoms with Gasteiger partial charge in [0, 0.05) is 6.54 Å². The van der Waals surface area contributed by atoms with Gasteiger partial charge in [0.1, 0.15) is 18.6 Å². The smallest absolute Gasteiger partial charge is 0.322 e. The maximum absolute atomic E-state index is 12.5. The Morgan fingerprint density at radius 1 is 1.10 bits per heavy atom. The Balaban J connectivity index is 2.64. The molecule has 0 bridgehead atoms. The van der Waals surface area contributed by atoms with Crippen molar-refractivity contribution in [3.05, 3.63) is 0 Å². The maximum atomic E-state index is 12.5. The van der Waals surface area contributed by atoms with Crippen molar-refractivity contribution in [1.29, 1.82) is 0 Å². The van der Waals surface area contributed by atoms with Gasteiger partial charge in [0.05, 0.1) is 19.2 Å². The molecule has 3 atom stereocenters. The van der Waals surface area contributed by atoms with E-state index in [1.54, 1.807) is 13.8 Å². The lowest BCUT2D eigenvalue weighted by Gasteiger charge is -2.26. The van der Waals surface area contributed by atoms with Gasteiger partial charge in [-0.3, -0.25) is 24.0 Å². The molecule has 0 radical (unpaired) electrons. The lowest BCUT2D eigenvalue weighted by molar-refractivity contribution is -0.141. The van der Waals surface area contributed by atoms with Crippen molar-refractivity contribution in [3.8, 4) is 0 Å². The lowest BCUT2D eigenvalue weighted by Crippen LogP contribution is -2.56. The number of carboxylic acids is 1. The summed E-state index contributed by atoms with van der Waals surface area (Å²) in [5.41, 5.74) is 5.72. The van der Waals surface area contributed by atoms with Crippen molar-refractivity contribution in [2.75, 3.05) is 26.2 Å². The Kier molecular flexibility index (Phi) is 9.48. The van der Waals surface area contributed by atoms with Crippen LogP contribution < -0.4 is 21.7 Å². The van der Waals surface area contributed by atoms with Crippen molar-refractivity contribution < 1.29 is 34.2 Å². The molecule has 1 aliphatic rings. The van der Waals surface area contributed by atoms with Crippen LogP contribution in [-0.2, 0) is 24.0 Å². The predicted octanol–water partition coefficient (Wildman–Crippen LogP) is -3.25. The van der Waals surface area contributed by atoms with Gasteiger partial charge in [-0.1, -0.05) is 13.8 Å². The van der Waals surface area contributed by atoms with Gasteiger partial charge < -0.3 is 36.8 Å². The fourth-order valence-corrected chi connectivity index (χ4v) is 2.77. The van der Waals surface area contributed by atoms with Gasteiger partial charge in [-0.05, 0) is 18.8 Å². The number of nitrogens with one attached hydrogen (secondary N) is 3. The third-order valence-electron chi connectivity index (χ3n) is 4.54. The second-order valence-electron chi connectivity index (χ2n) is 7.09. The van der Waals surface area contributed by atoms with E-state index in [4.69, 9.17) is 10.8 Å². The van der Waals surface area contributed by atoms with Crippen LogP contribution in [0.15, 0.2) is 0 Å². The molecule has 7 N–H and O–H groups in total. The van der Waals surface area contributed by atoms with Crippen molar-refractivity contribution in [2.45, 2.75) is 44.8 Å². The number of hydrogen-bond acceptors (Lipinski definition) is 7. The second kappa shape index (κ2) is 11.3. The molecule has 0 saturated carbocycles. The molecular weight excluding hydrogens is 386 g/mol. The van der Waals surface area contributed by atoms with Crippen LogP contribution in [0.5, 0.6) is 0 Å². The Bertz CT molecular complexity index is 640. The molecule has 1 fully saturated rings. The molecule has 164 valence electrons. The standard InChI is InChI=1S/C17H29N5O7/c1-9(2)14(18)17(29)19-6-12(24)22-5-3-4-11(22)16(28)21-10(8-23)15(27)20-7-13(25)26/h9-11,14,23H,3-8,18H2,1-2H3,(H,19,29)(H,20,27)(H,21,28)(H,25,26)/t10-,11-,14-/m0/s1. The third kappa shape index (κ3) is 7.31. The van der Waals surface area contributed by atoms with Crippen LogP contribution in [0.4, 0.5) is 0 Å². The number of hydrogen-bond donors (Lipinski definition) is 6. The van der Waals surface area contributed by atoms with Crippen LogP contribution in [0.2, 0.25) is 0 Å². The van der Waals surface area contributed by atoms with E-state index in [9.17, 15) is 29.1 Å². The summed E-state index contributed by atoms with van der Waals surface area (Å²) in [6, 6.07) is -2.96. The number of nitrogens with zero attached hydrogens (tertiary/aromatic N) is 1. The van der Waals surface area contributed by atoms with E-state index in [1.807, 2.05) is 0 Å². The molecule has 1 aliphatic heterocycles. The molecule has 12 nitrogen and oxygen atoms in total. The number of aliphatic hydroxyl groups excluding tert-OH is 1. The Labute approximate surface area is 168 Å². The topological polar surface area (TPSA) is 191 Å². The van der Waals surface area contributed by atoms with Gasteiger partial charge in [-0.25, -0.2) is 0 Å². The Hall–Kier alpha value is -2.73. The van der Waals surface area contributed by atoms with Crippen LogP contribution in [0.3, 0.4) is 0 Å². The molecule has 1 rings (SSSR count). The second-order valence-corrected chi connectivity index (χ2v) is 7.09. The molecule has 29 heavy (non-hydrogen) atoms. The SMILES string of the molecule is CC(C)[C@H](N)C(=O)NCC(=O)N1CCC[C@H]1C(=O)N[C@@H](CO)C(=O)NCC(=O)O. The number of aliphatic hydroxyl groups is 1. The van der Waals surface area contributed by atoms with Crippen LogP contribution in [-0.4, -0.2) is 89.1 Å². The highest BCUT2D eigenvalue weighted by Gasteiger charge is 2.35. The van der Waals surface area contributed by atoms with Crippen LogP contribution in [0.1, 0.15) is 26.7 Å². The predicted molar refractivity (Wildman–Crippen MR) is 100 cm³/mol. The summed E-state index contributed by atoms with van der Waals surface area (Å²) >= 11 is 0. The molecule has 4 amide bonds. The zero-order valence-corrected chi connectivity index (χ0v) is 16.5. The number of carbonyl (C=O) groups is 5. The number of amides is 4. The van der Waals surface area contributed by atoms with Crippen molar-refractivity contribution in [3.63, 3.8) is 0 Å². The number of carboxylic acid groups (broad SMARTS) is 1. The summed E-state index contributed by atoms with van der Waals surface area (Å²) in [5.74, 6) is -3.81. The van der Waals surface area contributed by atoms with Crippen LogP contribution >= 0.6 is 0 Å². The van der Waals surface area contributed by atoms with E-state index < -0.39 is 60.9 Å². The highest BCUT2D eigenvalue weighted by molar-refractivity contribution is 5.94. The summed E-state index contributed by atoms with van der Waals surface area (Å²) in [6.07, 6.45) is 0.907. The van der Waals surface area contributed by atoms with E-state index in [-0.39, 0.29) is 12.5 Å². The van der Waals surface area contributed by atoms with Gasteiger partial charge in [0.25, 0.3) is 0 Å². The molecule has 0 aromatic heterocycles. The number of carbonyl (C=O) groups excluding carboxylic acids is 4. The zero-order chi connectivity index (χ0) is 22.1. The quantitative estimate of drug-likeness (QED) is 0.214. The normalized spacial score (nSPS) is 18.1. The van der Waals surface area contributed by atoms with E-state index in [1.165, 1.54) is 4.90 Å². The molecule has 0 aromatic carbocycles. The molecule has 0 aliphatic carbocycles. The van der Waals surface area contributed by atoms with Gasteiger partial charge in [0.2, 0.25) is 23.6 Å². The largest absolute Gasteiger partial charge is 0.480 e. The highest BCUT2D eigenvalue weighted by atomic mass is 16.4. The summed E-state index contributed by atoms with van der Waals surface area (Å²) in [4.78, 5) is 60.4. The monoisotopic (exact) mass is 415 g/mol. The number of aliphatic carboxylic acids is 1. The Morgan fingerprint density at radius 3 is 2.28 bits per heavy atom. The van der Waals surface area contributed by atoms with E-state index in [0.29, 0.717) is 19.4 Å². The zero-order valence-electron chi connectivity index (χ0n) is 16.5. The first kappa shape index (κ1) is 24.3. The average Bonchev–Trinajstić information content (AvgIpc) is 3.17. The summed E-state index contributed by atoms with van der Waals surface area (Å²) < 4.78 is 0. The first-order chi connectivity index (χ1) is 13.6. The number of nitrogens with two attached hydrogens (primary N) is 1. The summed E-state index contributed by atoms with van der Waals surface area (Å²) in [6.45, 7) is 2.15. The fraction of sp³-hybridized carbons (Fsp3) is 0.706. The summed E-state index contributed by atoms with van der Waals surface area (Å²) in [5, 5.41) is 24.7. The molecule has 0 spiro atoms. The van der Waals surface area contributed by atoms with E-state index >= 15 is 0 Å². The summed E-state index contributed by atoms with van der Waals surface area (Å²) in [7, 11) is 0. The minimum atomic E-state index is -1.34. The minimum absolute atomic E-state index is 0.0990. The van der Waals surface area contributed by atoms with Gasteiger partial charge in [-0.15, -0.1) is 0 Å². The van der Waals surface area contributed by atoms with Crippen LogP contribution in [0.25, 0.3) is 0 Å². The maximum Gasteiger partial charge on any atom is 0.322 e. The lowest BCUT2D eigenvalue weighted by atomic mass is 10.1. The molecule has 1 heterocycles. The first-order valence-electron chi connectivity index (χ1n) is 9.32. The number of rotatable bonds is 10. The fourth-order valence-electron chi connectivity index (χ4n) is 2.77. The van der Waals surface area contributed by atoms with Gasteiger partial charge >= 0.3 is 5.97 Å². The van der Waals surface area contributed by atoms with E-state index in [2.05, 4.69) is 16.0 Å². The van der Waals surface area contributed by atoms with Crippen molar-refractivity contribution in [1.82, 2.24) is 20.9 Å². The number of likely N-dealkylation sites (tertiary alicyclic amines) is 1. The van der Waals surface area contributed by atoms with Crippen LogP contribution in [0, 0.1) is 5.92 Å². The molecular formula is C17H29N5O7. The highest BCUT2D eigenvalue weighted by Crippen LogP contribution is 2.17. The molecule has 0 unspecified atom stereocenters. The molecule has 0 aromatic rings.